The summed E-state index contributed by atoms with van der Waals surface area (Å²) >= 11 is 0. The van der Waals surface area contributed by atoms with E-state index in [1.165, 1.54) is 19.3 Å². The second kappa shape index (κ2) is 20.6. The molecule has 0 aliphatic heterocycles. The SMILES string of the molecule is CCCCCCCC(NC(=O)CCCCCCN)NC(=O)CCCCCCN. The molecule has 0 aromatic rings. The van der Waals surface area contributed by atoms with Crippen molar-refractivity contribution < 1.29 is 9.59 Å². The normalized spacial score (nSPS) is 11.0. The lowest BCUT2D eigenvalue weighted by Crippen LogP contribution is -2.47. The predicted octanol–water partition coefficient (Wildman–Crippen LogP) is 3.72. The molecule has 0 aromatic heterocycles. The minimum Gasteiger partial charge on any atom is -0.336 e. The third kappa shape index (κ3) is 18.2. The van der Waals surface area contributed by atoms with Gasteiger partial charge in [-0.3, -0.25) is 9.59 Å². The predicted molar refractivity (Wildman–Crippen MR) is 118 cm³/mol. The van der Waals surface area contributed by atoms with Gasteiger partial charge in [0.15, 0.2) is 0 Å². The molecule has 0 saturated heterocycles. The highest BCUT2D eigenvalue weighted by molar-refractivity contribution is 5.79. The maximum Gasteiger partial charge on any atom is 0.221 e. The molecule has 0 unspecified atom stereocenters. The van der Waals surface area contributed by atoms with Crippen LogP contribution in [0.5, 0.6) is 0 Å². The Labute approximate surface area is 173 Å². The Morgan fingerprint density at radius 3 is 1.54 bits per heavy atom. The molecule has 2 amide bonds. The fourth-order valence-electron chi connectivity index (χ4n) is 3.23. The summed E-state index contributed by atoms with van der Waals surface area (Å²) in [5.41, 5.74) is 11.0. The highest BCUT2D eigenvalue weighted by Crippen LogP contribution is 2.08. The van der Waals surface area contributed by atoms with E-state index in [9.17, 15) is 9.59 Å². The Hall–Kier alpha value is -1.14. The van der Waals surface area contributed by atoms with E-state index >= 15 is 0 Å². The van der Waals surface area contributed by atoms with Gasteiger partial charge >= 0.3 is 0 Å². The van der Waals surface area contributed by atoms with E-state index < -0.39 is 0 Å². The molecule has 0 fully saturated rings. The molecule has 0 radical (unpaired) electrons. The standard InChI is InChI=1S/C22H46N4O2/c1-2-3-4-5-10-15-20(25-21(27)16-11-6-8-13-18-23)26-22(28)17-12-7-9-14-19-24/h20H,2-19,23-24H2,1H3,(H,25,27)(H,26,28). The first kappa shape index (κ1) is 26.9. The molecule has 0 aliphatic carbocycles. The third-order valence-corrected chi connectivity index (χ3v) is 4.98. The minimum absolute atomic E-state index is 0.0366. The van der Waals surface area contributed by atoms with Gasteiger partial charge in [-0.05, 0) is 51.6 Å². The van der Waals surface area contributed by atoms with Crippen molar-refractivity contribution in [2.24, 2.45) is 11.5 Å². The van der Waals surface area contributed by atoms with E-state index in [2.05, 4.69) is 17.6 Å². The Morgan fingerprint density at radius 1 is 0.643 bits per heavy atom. The van der Waals surface area contributed by atoms with Gasteiger partial charge in [-0.15, -0.1) is 0 Å². The van der Waals surface area contributed by atoms with Gasteiger partial charge in [-0.25, -0.2) is 0 Å². The molecule has 0 saturated carbocycles. The van der Waals surface area contributed by atoms with E-state index in [0.717, 1.165) is 70.6 Å². The molecule has 0 atom stereocenters. The Bertz CT molecular complexity index is 350. The van der Waals surface area contributed by atoms with E-state index in [4.69, 9.17) is 11.5 Å². The first-order chi connectivity index (χ1) is 13.6. The average molecular weight is 399 g/mol. The summed E-state index contributed by atoms with van der Waals surface area (Å²) in [7, 11) is 0. The van der Waals surface area contributed by atoms with Crippen molar-refractivity contribution in [1.29, 1.82) is 0 Å². The molecule has 0 aliphatic rings. The molecule has 6 heteroatoms. The number of rotatable bonds is 20. The summed E-state index contributed by atoms with van der Waals surface area (Å²) in [6.07, 6.45) is 15.5. The van der Waals surface area contributed by atoms with E-state index in [1.807, 2.05) is 0 Å². The Morgan fingerprint density at radius 2 is 1.07 bits per heavy atom. The van der Waals surface area contributed by atoms with E-state index in [1.54, 1.807) is 0 Å². The Balaban J connectivity index is 4.20. The van der Waals surface area contributed by atoms with Crippen LogP contribution in [0.3, 0.4) is 0 Å². The van der Waals surface area contributed by atoms with Gasteiger partial charge in [0.1, 0.15) is 6.17 Å². The summed E-state index contributed by atoms with van der Waals surface area (Å²) in [5.74, 6) is 0.0732. The lowest BCUT2D eigenvalue weighted by molar-refractivity contribution is -0.124. The fourth-order valence-corrected chi connectivity index (χ4v) is 3.23. The highest BCUT2D eigenvalue weighted by atomic mass is 16.2. The van der Waals surface area contributed by atoms with E-state index in [-0.39, 0.29) is 18.0 Å². The Kier molecular flexibility index (Phi) is 19.8. The zero-order valence-electron chi connectivity index (χ0n) is 18.3. The maximum atomic E-state index is 12.2. The molecule has 6 nitrogen and oxygen atoms in total. The van der Waals surface area contributed by atoms with Crippen molar-refractivity contribution in [2.75, 3.05) is 13.1 Å². The third-order valence-electron chi connectivity index (χ3n) is 4.98. The lowest BCUT2D eigenvalue weighted by Gasteiger charge is -2.20. The summed E-state index contributed by atoms with van der Waals surface area (Å²) in [4.78, 5) is 24.5. The number of amides is 2. The van der Waals surface area contributed by atoms with Crippen molar-refractivity contribution in [3.8, 4) is 0 Å². The number of nitrogens with two attached hydrogens (primary N) is 2. The number of hydrogen-bond acceptors (Lipinski definition) is 4. The quantitative estimate of drug-likeness (QED) is 0.185. The van der Waals surface area contributed by atoms with Crippen LogP contribution in [0.2, 0.25) is 0 Å². The van der Waals surface area contributed by atoms with Gasteiger partial charge in [0.2, 0.25) is 11.8 Å². The molecule has 0 aromatic carbocycles. The molecule has 0 spiro atoms. The smallest absolute Gasteiger partial charge is 0.221 e. The zero-order valence-corrected chi connectivity index (χ0v) is 18.3. The number of unbranched alkanes of at least 4 members (excludes halogenated alkanes) is 10. The van der Waals surface area contributed by atoms with E-state index in [0.29, 0.717) is 25.9 Å². The van der Waals surface area contributed by atoms with Gasteiger partial charge in [0.25, 0.3) is 0 Å². The van der Waals surface area contributed by atoms with Gasteiger partial charge in [0, 0.05) is 12.8 Å². The number of nitrogens with one attached hydrogen (secondary N) is 2. The summed E-state index contributed by atoms with van der Waals surface area (Å²) in [6, 6.07) is 0. The summed E-state index contributed by atoms with van der Waals surface area (Å²) in [5, 5.41) is 6.06. The summed E-state index contributed by atoms with van der Waals surface area (Å²) < 4.78 is 0. The van der Waals surface area contributed by atoms with Gasteiger partial charge < -0.3 is 22.1 Å². The second-order valence-electron chi connectivity index (χ2n) is 7.80. The van der Waals surface area contributed by atoms with Crippen LogP contribution in [-0.2, 0) is 9.59 Å². The number of hydrogen-bond donors (Lipinski definition) is 4. The van der Waals surface area contributed by atoms with Crippen LogP contribution in [0.25, 0.3) is 0 Å². The molecular weight excluding hydrogens is 352 g/mol. The van der Waals surface area contributed by atoms with Crippen molar-refractivity contribution in [3.05, 3.63) is 0 Å². The number of carbonyl (C=O) groups excluding carboxylic acids is 2. The molecule has 166 valence electrons. The van der Waals surface area contributed by atoms with Crippen LogP contribution in [0.15, 0.2) is 0 Å². The van der Waals surface area contributed by atoms with Crippen molar-refractivity contribution in [2.45, 2.75) is 116 Å². The maximum absolute atomic E-state index is 12.2. The van der Waals surface area contributed by atoms with Crippen LogP contribution in [0, 0.1) is 0 Å². The lowest BCUT2D eigenvalue weighted by atomic mass is 10.1. The fraction of sp³-hybridized carbons (Fsp3) is 0.909. The molecule has 0 heterocycles. The summed E-state index contributed by atoms with van der Waals surface area (Å²) in [6.45, 7) is 3.62. The van der Waals surface area contributed by atoms with Crippen LogP contribution in [0.1, 0.15) is 110 Å². The highest BCUT2D eigenvalue weighted by Gasteiger charge is 2.14. The minimum atomic E-state index is -0.241. The number of carbonyl (C=O) groups is 2. The van der Waals surface area contributed by atoms with Gasteiger partial charge in [-0.2, -0.15) is 0 Å². The zero-order chi connectivity index (χ0) is 20.9. The van der Waals surface area contributed by atoms with Crippen LogP contribution in [-0.4, -0.2) is 31.1 Å². The van der Waals surface area contributed by atoms with Crippen molar-refractivity contribution in [3.63, 3.8) is 0 Å². The average Bonchev–Trinajstić information content (AvgIpc) is 2.67. The van der Waals surface area contributed by atoms with Crippen molar-refractivity contribution in [1.82, 2.24) is 10.6 Å². The van der Waals surface area contributed by atoms with Crippen LogP contribution < -0.4 is 22.1 Å². The van der Waals surface area contributed by atoms with Gasteiger partial charge in [0.05, 0.1) is 0 Å². The topological polar surface area (TPSA) is 110 Å². The first-order valence-electron chi connectivity index (χ1n) is 11.6. The van der Waals surface area contributed by atoms with Crippen LogP contribution >= 0.6 is 0 Å². The van der Waals surface area contributed by atoms with Gasteiger partial charge in [-0.1, -0.05) is 58.3 Å². The molecular formula is C22H46N4O2. The second-order valence-corrected chi connectivity index (χ2v) is 7.80. The molecule has 0 bridgehead atoms. The van der Waals surface area contributed by atoms with Crippen molar-refractivity contribution >= 4 is 11.8 Å². The monoisotopic (exact) mass is 398 g/mol. The van der Waals surface area contributed by atoms with Crippen LogP contribution in [0.4, 0.5) is 0 Å². The molecule has 28 heavy (non-hydrogen) atoms. The molecule has 0 rings (SSSR count). The first-order valence-corrected chi connectivity index (χ1v) is 11.6. The largest absolute Gasteiger partial charge is 0.336 e. The molecule has 6 N–H and O–H groups in total.